The van der Waals surface area contributed by atoms with Crippen LogP contribution in [-0.2, 0) is 6.54 Å². The van der Waals surface area contributed by atoms with Crippen LogP contribution >= 0.6 is 35.6 Å². The quantitative estimate of drug-likeness (QED) is 0.361. The molecule has 0 amide bonds. The van der Waals surface area contributed by atoms with Crippen molar-refractivity contribution in [3.05, 3.63) is 47.7 Å². The fraction of sp³-hybridized carbons (Fsp3) is 0.412. The maximum Gasteiger partial charge on any atom is 0.193 e. The standard InChI is InChI=1S/C17H24ClN5O.HI/c1-3-19-17(20-10-12-23-11-4-9-21-23)22(2)13-14-24-16-7-5-15(18)6-8-16;/h4-9,11H,3,10,12-14H2,1-2H3,(H,19,20);1H. The first kappa shape index (κ1) is 21.6. The lowest BCUT2D eigenvalue weighted by atomic mass is 10.3. The molecule has 0 radical (unpaired) electrons. The number of nitrogens with one attached hydrogen (secondary N) is 1. The Morgan fingerprint density at radius 1 is 1.36 bits per heavy atom. The smallest absolute Gasteiger partial charge is 0.193 e. The molecule has 1 heterocycles. The summed E-state index contributed by atoms with van der Waals surface area (Å²) in [6, 6.07) is 9.29. The van der Waals surface area contributed by atoms with Crippen LogP contribution < -0.4 is 10.1 Å². The van der Waals surface area contributed by atoms with Crippen LogP contribution in [-0.4, -0.2) is 53.9 Å². The average Bonchev–Trinajstić information content (AvgIpc) is 3.09. The van der Waals surface area contributed by atoms with Crippen LogP contribution in [0.15, 0.2) is 47.7 Å². The molecule has 0 saturated carbocycles. The number of ether oxygens (including phenoxy) is 1. The molecule has 0 atom stereocenters. The van der Waals surface area contributed by atoms with Gasteiger partial charge < -0.3 is 15.0 Å². The minimum atomic E-state index is 0. The highest BCUT2D eigenvalue weighted by atomic mass is 127. The second-order valence-corrected chi connectivity index (χ2v) is 5.67. The van der Waals surface area contributed by atoms with E-state index in [-0.39, 0.29) is 24.0 Å². The summed E-state index contributed by atoms with van der Waals surface area (Å²) in [5.41, 5.74) is 0. The van der Waals surface area contributed by atoms with Gasteiger partial charge in [0, 0.05) is 31.0 Å². The van der Waals surface area contributed by atoms with Crippen molar-refractivity contribution >= 4 is 41.5 Å². The number of benzene rings is 1. The molecular weight excluding hydrogens is 453 g/mol. The maximum absolute atomic E-state index is 5.86. The predicted molar refractivity (Wildman–Crippen MR) is 113 cm³/mol. The van der Waals surface area contributed by atoms with Gasteiger partial charge >= 0.3 is 0 Å². The van der Waals surface area contributed by atoms with Crippen molar-refractivity contribution in [1.29, 1.82) is 0 Å². The predicted octanol–water partition coefficient (Wildman–Crippen LogP) is 3.13. The van der Waals surface area contributed by atoms with E-state index < -0.39 is 0 Å². The number of nitrogens with zero attached hydrogens (tertiary/aromatic N) is 4. The van der Waals surface area contributed by atoms with Crippen molar-refractivity contribution in [1.82, 2.24) is 20.0 Å². The molecule has 1 N–H and O–H groups in total. The number of halogens is 2. The molecule has 8 heteroatoms. The maximum atomic E-state index is 5.86. The first-order valence-electron chi connectivity index (χ1n) is 8.04. The summed E-state index contributed by atoms with van der Waals surface area (Å²) < 4.78 is 7.60. The second-order valence-electron chi connectivity index (χ2n) is 5.23. The molecule has 0 unspecified atom stereocenters. The summed E-state index contributed by atoms with van der Waals surface area (Å²) in [6.07, 6.45) is 3.71. The molecule has 138 valence electrons. The summed E-state index contributed by atoms with van der Waals surface area (Å²) in [5.74, 6) is 1.68. The highest BCUT2D eigenvalue weighted by Gasteiger charge is 2.05. The molecule has 0 bridgehead atoms. The van der Waals surface area contributed by atoms with E-state index in [4.69, 9.17) is 16.3 Å². The Kier molecular flexibility index (Phi) is 10.3. The second kappa shape index (κ2) is 12.0. The monoisotopic (exact) mass is 477 g/mol. The van der Waals surface area contributed by atoms with Gasteiger partial charge in [0.05, 0.1) is 19.6 Å². The summed E-state index contributed by atoms with van der Waals surface area (Å²) in [5, 5.41) is 8.18. The van der Waals surface area contributed by atoms with E-state index in [9.17, 15) is 0 Å². The lowest BCUT2D eigenvalue weighted by Crippen LogP contribution is -2.41. The highest BCUT2D eigenvalue weighted by molar-refractivity contribution is 14.0. The van der Waals surface area contributed by atoms with E-state index in [1.807, 2.05) is 48.3 Å². The number of hydrogen-bond acceptors (Lipinski definition) is 3. The van der Waals surface area contributed by atoms with Crippen LogP contribution in [0.5, 0.6) is 5.75 Å². The molecule has 0 saturated heterocycles. The molecule has 0 aliphatic heterocycles. The van der Waals surface area contributed by atoms with Crippen LogP contribution in [0.25, 0.3) is 0 Å². The summed E-state index contributed by atoms with van der Waals surface area (Å²) in [6.45, 7) is 5.62. The van der Waals surface area contributed by atoms with Gasteiger partial charge in [-0.15, -0.1) is 24.0 Å². The fourth-order valence-electron chi connectivity index (χ4n) is 2.10. The molecule has 0 fully saturated rings. The van der Waals surface area contributed by atoms with Crippen LogP contribution in [0.1, 0.15) is 6.92 Å². The average molecular weight is 478 g/mol. The van der Waals surface area contributed by atoms with Gasteiger partial charge in [-0.3, -0.25) is 9.67 Å². The summed E-state index contributed by atoms with van der Waals surface area (Å²) in [4.78, 5) is 6.68. The molecule has 1 aromatic heterocycles. The van der Waals surface area contributed by atoms with Gasteiger partial charge in [0.15, 0.2) is 5.96 Å². The van der Waals surface area contributed by atoms with Crippen LogP contribution in [0.4, 0.5) is 0 Å². The Balaban J connectivity index is 0.00000312. The Morgan fingerprint density at radius 2 is 2.12 bits per heavy atom. The van der Waals surface area contributed by atoms with Gasteiger partial charge in [-0.2, -0.15) is 5.10 Å². The largest absolute Gasteiger partial charge is 0.492 e. The zero-order valence-corrected chi connectivity index (χ0v) is 17.6. The zero-order valence-electron chi connectivity index (χ0n) is 14.6. The number of rotatable bonds is 8. The summed E-state index contributed by atoms with van der Waals surface area (Å²) >= 11 is 5.86. The topological polar surface area (TPSA) is 54.7 Å². The first-order valence-corrected chi connectivity index (χ1v) is 8.42. The molecular formula is C17H25ClIN5O. The van der Waals surface area contributed by atoms with Gasteiger partial charge in [-0.1, -0.05) is 11.6 Å². The fourth-order valence-corrected chi connectivity index (χ4v) is 2.22. The van der Waals surface area contributed by atoms with E-state index in [2.05, 4.69) is 27.2 Å². The minimum absolute atomic E-state index is 0. The van der Waals surface area contributed by atoms with E-state index in [0.29, 0.717) is 18.2 Å². The minimum Gasteiger partial charge on any atom is -0.492 e. The molecule has 0 spiro atoms. The number of hydrogen-bond donors (Lipinski definition) is 1. The molecule has 6 nitrogen and oxygen atoms in total. The van der Waals surface area contributed by atoms with Crippen molar-refractivity contribution in [2.45, 2.75) is 13.5 Å². The first-order chi connectivity index (χ1) is 11.7. The Bertz CT molecular complexity index is 618. The number of guanidine groups is 1. The third kappa shape index (κ3) is 7.96. The third-order valence-corrected chi connectivity index (χ3v) is 3.61. The summed E-state index contributed by atoms with van der Waals surface area (Å²) in [7, 11) is 2.00. The lowest BCUT2D eigenvalue weighted by molar-refractivity contribution is 0.281. The van der Waals surface area contributed by atoms with Crippen molar-refractivity contribution in [2.24, 2.45) is 4.99 Å². The van der Waals surface area contributed by atoms with Crippen LogP contribution in [0, 0.1) is 0 Å². The number of aliphatic imine (C=N–C) groups is 1. The molecule has 0 aliphatic rings. The van der Waals surface area contributed by atoms with Crippen LogP contribution in [0.3, 0.4) is 0 Å². The molecule has 2 rings (SSSR count). The molecule has 2 aromatic rings. The van der Waals surface area contributed by atoms with Gasteiger partial charge in [-0.05, 0) is 37.3 Å². The molecule has 25 heavy (non-hydrogen) atoms. The van der Waals surface area contributed by atoms with Gasteiger partial charge in [0.1, 0.15) is 12.4 Å². The van der Waals surface area contributed by atoms with E-state index in [1.165, 1.54) is 0 Å². The van der Waals surface area contributed by atoms with Crippen LogP contribution in [0.2, 0.25) is 5.02 Å². The Labute approximate surface area is 171 Å². The van der Waals surface area contributed by atoms with Crippen molar-refractivity contribution in [3.8, 4) is 5.75 Å². The van der Waals surface area contributed by atoms with Gasteiger partial charge in [0.2, 0.25) is 0 Å². The third-order valence-electron chi connectivity index (χ3n) is 3.36. The zero-order chi connectivity index (χ0) is 17.2. The number of aromatic nitrogens is 2. The molecule has 1 aromatic carbocycles. The van der Waals surface area contributed by atoms with Crippen molar-refractivity contribution < 1.29 is 4.74 Å². The SMILES string of the molecule is CCNC(=NCCn1cccn1)N(C)CCOc1ccc(Cl)cc1.I. The lowest BCUT2D eigenvalue weighted by Gasteiger charge is -2.22. The highest BCUT2D eigenvalue weighted by Crippen LogP contribution is 2.15. The van der Waals surface area contributed by atoms with Crippen molar-refractivity contribution in [2.75, 3.05) is 33.3 Å². The Morgan fingerprint density at radius 3 is 2.76 bits per heavy atom. The van der Waals surface area contributed by atoms with Gasteiger partial charge in [-0.25, -0.2) is 0 Å². The normalized spacial score (nSPS) is 10.9. The number of likely N-dealkylation sites (N-methyl/N-ethyl adjacent to an activating group) is 1. The Hall–Kier alpha value is -1.48. The molecule has 0 aliphatic carbocycles. The van der Waals surface area contributed by atoms with E-state index in [1.54, 1.807) is 6.20 Å². The van der Waals surface area contributed by atoms with E-state index in [0.717, 1.165) is 31.3 Å². The van der Waals surface area contributed by atoms with E-state index >= 15 is 0 Å². The van der Waals surface area contributed by atoms with Crippen molar-refractivity contribution in [3.63, 3.8) is 0 Å². The van der Waals surface area contributed by atoms with Gasteiger partial charge in [0.25, 0.3) is 0 Å².